The van der Waals surface area contributed by atoms with E-state index in [1.165, 1.54) is 19.2 Å². The number of nitrogens with one attached hydrogen (secondary N) is 1. The third-order valence-corrected chi connectivity index (χ3v) is 3.70. The molecular weight excluding hydrogens is 330 g/mol. The van der Waals surface area contributed by atoms with Crippen molar-refractivity contribution in [2.75, 3.05) is 19.0 Å². The SMILES string of the molecule is CCOc1ccc(C(=O)Nc2ccc(Cl)c(C(=O)OC)c2)cc1C. The van der Waals surface area contributed by atoms with Crippen LogP contribution in [-0.2, 0) is 4.74 Å². The number of amides is 1. The lowest BCUT2D eigenvalue weighted by Gasteiger charge is -2.11. The van der Waals surface area contributed by atoms with Crippen LogP contribution in [0.15, 0.2) is 36.4 Å². The summed E-state index contributed by atoms with van der Waals surface area (Å²) in [6, 6.07) is 9.83. The Morgan fingerprint density at radius 3 is 2.54 bits per heavy atom. The first-order valence-corrected chi connectivity index (χ1v) is 7.76. The number of rotatable bonds is 5. The molecule has 0 saturated carbocycles. The summed E-state index contributed by atoms with van der Waals surface area (Å²) < 4.78 is 10.1. The molecule has 0 spiro atoms. The summed E-state index contributed by atoms with van der Waals surface area (Å²) in [5, 5.41) is 3.00. The Kier molecular flexibility index (Phi) is 5.82. The van der Waals surface area contributed by atoms with Crippen molar-refractivity contribution in [1.29, 1.82) is 0 Å². The normalized spacial score (nSPS) is 10.2. The van der Waals surface area contributed by atoms with Crippen LogP contribution in [0.25, 0.3) is 0 Å². The van der Waals surface area contributed by atoms with Crippen LogP contribution in [0.2, 0.25) is 5.02 Å². The number of aryl methyl sites for hydroxylation is 1. The van der Waals surface area contributed by atoms with Crippen LogP contribution in [0.5, 0.6) is 5.75 Å². The van der Waals surface area contributed by atoms with Gasteiger partial charge in [-0.15, -0.1) is 0 Å². The summed E-state index contributed by atoms with van der Waals surface area (Å²) in [5.41, 5.74) is 2.01. The zero-order valence-corrected chi connectivity index (χ0v) is 14.4. The van der Waals surface area contributed by atoms with Gasteiger partial charge in [-0.2, -0.15) is 0 Å². The van der Waals surface area contributed by atoms with Crippen LogP contribution in [0, 0.1) is 6.92 Å². The maximum absolute atomic E-state index is 12.4. The van der Waals surface area contributed by atoms with Gasteiger partial charge >= 0.3 is 5.97 Å². The first kappa shape index (κ1) is 17.8. The van der Waals surface area contributed by atoms with Gasteiger partial charge < -0.3 is 14.8 Å². The molecule has 0 heterocycles. The first-order valence-electron chi connectivity index (χ1n) is 7.39. The number of hydrogen-bond acceptors (Lipinski definition) is 4. The highest BCUT2D eigenvalue weighted by atomic mass is 35.5. The molecule has 2 aromatic rings. The predicted molar refractivity (Wildman–Crippen MR) is 93.1 cm³/mol. The molecule has 1 N–H and O–H groups in total. The summed E-state index contributed by atoms with van der Waals surface area (Å²) in [5.74, 6) is -0.110. The average Bonchev–Trinajstić information content (AvgIpc) is 2.57. The number of carbonyl (C=O) groups is 2. The molecule has 24 heavy (non-hydrogen) atoms. The first-order chi connectivity index (χ1) is 11.5. The number of hydrogen-bond donors (Lipinski definition) is 1. The van der Waals surface area contributed by atoms with E-state index in [1.54, 1.807) is 24.3 Å². The van der Waals surface area contributed by atoms with E-state index >= 15 is 0 Å². The topological polar surface area (TPSA) is 64.6 Å². The fourth-order valence-corrected chi connectivity index (χ4v) is 2.38. The number of ether oxygens (including phenoxy) is 2. The number of methoxy groups -OCH3 is 1. The Labute approximate surface area is 145 Å². The molecule has 5 nitrogen and oxygen atoms in total. The molecule has 0 unspecified atom stereocenters. The zero-order valence-electron chi connectivity index (χ0n) is 13.7. The summed E-state index contributed by atoms with van der Waals surface area (Å²) in [7, 11) is 1.27. The smallest absolute Gasteiger partial charge is 0.339 e. The molecule has 2 rings (SSSR count). The van der Waals surface area contributed by atoms with Gasteiger partial charge in [0, 0.05) is 11.3 Å². The van der Waals surface area contributed by atoms with Crippen molar-refractivity contribution in [2.24, 2.45) is 0 Å². The highest BCUT2D eigenvalue weighted by Gasteiger charge is 2.14. The predicted octanol–water partition coefficient (Wildman–Crippen LogP) is 4.09. The minimum atomic E-state index is -0.562. The lowest BCUT2D eigenvalue weighted by Crippen LogP contribution is -2.13. The summed E-state index contributed by atoms with van der Waals surface area (Å²) in [6.07, 6.45) is 0. The summed E-state index contributed by atoms with van der Waals surface area (Å²) in [4.78, 5) is 24.0. The molecule has 0 bridgehead atoms. The standard InChI is InChI=1S/C18H18ClNO4/c1-4-24-16-8-5-12(9-11(16)2)17(21)20-13-6-7-15(19)14(10-13)18(22)23-3/h5-10H,4H2,1-3H3,(H,20,21). The fourth-order valence-electron chi connectivity index (χ4n) is 2.18. The minimum Gasteiger partial charge on any atom is -0.494 e. The molecule has 1 amide bonds. The van der Waals surface area contributed by atoms with Gasteiger partial charge in [0.05, 0.1) is 24.3 Å². The van der Waals surface area contributed by atoms with E-state index in [2.05, 4.69) is 10.1 Å². The van der Waals surface area contributed by atoms with Gasteiger partial charge in [-0.05, 0) is 55.8 Å². The van der Waals surface area contributed by atoms with Crippen LogP contribution in [0.4, 0.5) is 5.69 Å². The number of carbonyl (C=O) groups excluding carboxylic acids is 2. The molecule has 126 valence electrons. The molecule has 0 aliphatic carbocycles. The number of esters is 1. The number of benzene rings is 2. The molecule has 0 aliphatic rings. The number of halogens is 1. The van der Waals surface area contributed by atoms with E-state index < -0.39 is 5.97 Å². The molecule has 2 aromatic carbocycles. The molecule has 6 heteroatoms. The Morgan fingerprint density at radius 2 is 1.92 bits per heavy atom. The molecule has 0 atom stereocenters. The van der Waals surface area contributed by atoms with Gasteiger partial charge in [0.2, 0.25) is 0 Å². The molecule has 0 aromatic heterocycles. The maximum Gasteiger partial charge on any atom is 0.339 e. The molecule has 0 radical (unpaired) electrons. The van der Waals surface area contributed by atoms with E-state index in [1.807, 2.05) is 13.8 Å². The molecule has 0 aliphatic heterocycles. The third-order valence-electron chi connectivity index (χ3n) is 3.37. The Morgan fingerprint density at radius 1 is 1.17 bits per heavy atom. The van der Waals surface area contributed by atoms with Crippen LogP contribution in [-0.4, -0.2) is 25.6 Å². The second kappa shape index (κ2) is 7.84. The van der Waals surface area contributed by atoms with Crippen molar-refractivity contribution >= 4 is 29.2 Å². The monoisotopic (exact) mass is 347 g/mol. The molecular formula is C18H18ClNO4. The van der Waals surface area contributed by atoms with Crippen LogP contribution < -0.4 is 10.1 Å². The van der Waals surface area contributed by atoms with Crippen molar-refractivity contribution in [3.05, 3.63) is 58.1 Å². The van der Waals surface area contributed by atoms with Crippen molar-refractivity contribution < 1.29 is 19.1 Å². The second-order valence-corrected chi connectivity index (χ2v) is 5.46. The van der Waals surface area contributed by atoms with Crippen molar-refractivity contribution in [2.45, 2.75) is 13.8 Å². The van der Waals surface area contributed by atoms with Crippen LogP contribution >= 0.6 is 11.6 Å². The molecule has 0 saturated heterocycles. The van der Waals surface area contributed by atoms with Gasteiger partial charge in [-0.25, -0.2) is 4.79 Å². The van der Waals surface area contributed by atoms with Gasteiger partial charge in [-0.1, -0.05) is 11.6 Å². The van der Waals surface area contributed by atoms with E-state index in [-0.39, 0.29) is 16.5 Å². The Bertz CT molecular complexity index is 774. The van der Waals surface area contributed by atoms with Crippen molar-refractivity contribution in [3.63, 3.8) is 0 Å². The average molecular weight is 348 g/mol. The summed E-state index contributed by atoms with van der Waals surface area (Å²) in [6.45, 7) is 4.34. The van der Waals surface area contributed by atoms with E-state index in [0.717, 1.165) is 11.3 Å². The van der Waals surface area contributed by atoms with Crippen LogP contribution in [0.1, 0.15) is 33.2 Å². The largest absolute Gasteiger partial charge is 0.494 e. The highest BCUT2D eigenvalue weighted by molar-refractivity contribution is 6.33. The quantitative estimate of drug-likeness (QED) is 0.827. The van der Waals surface area contributed by atoms with Crippen LogP contribution in [0.3, 0.4) is 0 Å². The highest BCUT2D eigenvalue weighted by Crippen LogP contribution is 2.23. The minimum absolute atomic E-state index is 0.194. The van der Waals surface area contributed by atoms with E-state index in [9.17, 15) is 9.59 Å². The Balaban J connectivity index is 2.21. The lowest BCUT2D eigenvalue weighted by atomic mass is 10.1. The molecule has 0 fully saturated rings. The van der Waals surface area contributed by atoms with Gasteiger partial charge in [0.15, 0.2) is 0 Å². The second-order valence-electron chi connectivity index (χ2n) is 5.05. The number of anilines is 1. The lowest BCUT2D eigenvalue weighted by molar-refractivity contribution is 0.0600. The van der Waals surface area contributed by atoms with Gasteiger partial charge in [0.25, 0.3) is 5.91 Å². The van der Waals surface area contributed by atoms with E-state index in [0.29, 0.717) is 17.9 Å². The van der Waals surface area contributed by atoms with Crippen molar-refractivity contribution in [1.82, 2.24) is 0 Å². The Hall–Kier alpha value is -2.53. The maximum atomic E-state index is 12.4. The fraction of sp³-hybridized carbons (Fsp3) is 0.222. The zero-order chi connectivity index (χ0) is 17.7. The summed E-state index contributed by atoms with van der Waals surface area (Å²) >= 11 is 5.96. The third kappa shape index (κ3) is 4.06. The van der Waals surface area contributed by atoms with E-state index in [4.69, 9.17) is 16.3 Å². The van der Waals surface area contributed by atoms with Gasteiger partial charge in [-0.3, -0.25) is 4.79 Å². The van der Waals surface area contributed by atoms with Crippen molar-refractivity contribution in [3.8, 4) is 5.75 Å². The van der Waals surface area contributed by atoms with Gasteiger partial charge in [0.1, 0.15) is 5.75 Å².